The number of hydrogen-bond acceptors (Lipinski definition) is 5. The van der Waals surface area contributed by atoms with Crippen LogP contribution in [0.15, 0.2) is 63.9 Å². The van der Waals surface area contributed by atoms with Gasteiger partial charge in [0, 0.05) is 5.69 Å². The molecule has 1 amide bonds. The van der Waals surface area contributed by atoms with Crippen LogP contribution in [0.25, 0.3) is 15.9 Å². The van der Waals surface area contributed by atoms with Crippen molar-refractivity contribution in [1.82, 2.24) is 9.55 Å². The zero-order valence-electron chi connectivity index (χ0n) is 17.6. The number of nitrogens with one attached hydrogen (secondary N) is 1. The first-order valence-electron chi connectivity index (χ1n) is 10.1. The van der Waals surface area contributed by atoms with Crippen LogP contribution in [0.4, 0.5) is 5.69 Å². The maximum absolute atomic E-state index is 13.2. The highest BCUT2D eigenvalue weighted by atomic mass is 32.2. The molecule has 0 aliphatic carbocycles. The number of benzene rings is 2. The zero-order chi connectivity index (χ0) is 22.0. The number of rotatable bonds is 6. The topological polar surface area (TPSA) is 64.0 Å². The van der Waals surface area contributed by atoms with Gasteiger partial charge in [-0.2, -0.15) is 0 Å². The average molecular weight is 450 g/mol. The Morgan fingerprint density at radius 2 is 1.97 bits per heavy atom. The molecule has 0 spiro atoms. The summed E-state index contributed by atoms with van der Waals surface area (Å²) in [6.07, 6.45) is 0.908. The van der Waals surface area contributed by atoms with Gasteiger partial charge in [-0.1, -0.05) is 36.9 Å². The molecule has 1 N–H and O–H groups in total. The molecular weight excluding hydrogens is 426 g/mol. The first-order chi connectivity index (χ1) is 15.0. The molecule has 0 aliphatic rings. The number of thiophene rings is 1. The van der Waals surface area contributed by atoms with Gasteiger partial charge in [0.2, 0.25) is 5.91 Å². The number of aromatic nitrogens is 2. The van der Waals surface area contributed by atoms with Crippen molar-refractivity contribution in [2.45, 2.75) is 32.3 Å². The second-order valence-electron chi connectivity index (χ2n) is 7.33. The van der Waals surface area contributed by atoms with Crippen molar-refractivity contribution in [2.24, 2.45) is 0 Å². The van der Waals surface area contributed by atoms with Gasteiger partial charge in [0.05, 0.1) is 17.0 Å². The Morgan fingerprint density at radius 3 is 2.74 bits per heavy atom. The molecule has 4 rings (SSSR count). The summed E-state index contributed by atoms with van der Waals surface area (Å²) in [5.41, 5.74) is 5.51. The summed E-state index contributed by atoms with van der Waals surface area (Å²) in [6.45, 7) is 6.14. The molecule has 5 nitrogen and oxygen atoms in total. The molecule has 31 heavy (non-hydrogen) atoms. The number of aryl methyl sites for hydroxylation is 3. The van der Waals surface area contributed by atoms with E-state index in [9.17, 15) is 9.59 Å². The Kier molecular flexibility index (Phi) is 6.25. The number of carbonyl (C=O) groups excluding carboxylic acids is 1. The molecule has 0 bridgehead atoms. The quantitative estimate of drug-likeness (QED) is 0.318. The zero-order valence-corrected chi connectivity index (χ0v) is 19.3. The third kappa shape index (κ3) is 4.57. The van der Waals surface area contributed by atoms with Gasteiger partial charge in [0.15, 0.2) is 5.16 Å². The molecule has 0 saturated carbocycles. The van der Waals surface area contributed by atoms with Crippen molar-refractivity contribution in [3.05, 3.63) is 81.0 Å². The van der Waals surface area contributed by atoms with Gasteiger partial charge in [-0.25, -0.2) is 4.98 Å². The highest BCUT2D eigenvalue weighted by Crippen LogP contribution is 2.25. The lowest BCUT2D eigenvalue weighted by molar-refractivity contribution is -0.113. The number of carbonyl (C=O) groups is 1. The van der Waals surface area contributed by atoms with Crippen molar-refractivity contribution in [3.63, 3.8) is 0 Å². The maximum Gasteiger partial charge on any atom is 0.276 e. The Balaban J connectivity index is 1.64. The molecule has 2 heterocycles. The molecule has 4 aromatic rings. The van der Waals surface area contributed by atoms with Gasteiger partial charge in [-0.05, 0) is 72.7 Å². The van der Waals surface area contributed by atoms with Crippen LogP contribution in [-0.2, 0) is 11.2 Å². The standard InChI is InChI=1S/C24H23N3O2S2/c1-4-17-6-5-7-18(13-17)25-21(28)14-31-24-26-20-10-11-30-22(20)23(29)27(24)19-9-8-15(2)16(3)12-19/h5-13H,4,14H2,1-3H3,(H,25,28). The Labute approximate surface area is 189 Å². The minimum Gasteiger partial charge on any atom is -0.325 e. The maximum atomic E-state index is 13.2. The van der Waals surface area contributed by atoms with Crippen LogP contribution in [0.3, 0.4) is 0 Å². The van der Waals surface area contributed by atoms with Gasteiger partial charge >= 0.3 is 0 Å². The molecule has 2 aromatic heterocycles. The van der Waals surface area contributed by atoms with E-state index in [0.29, 0.717) is 15.4 Å². The Hall–Kier alpha value is -2.90. The Morgan fingerprint density at radius 1 is 1.13 bits per heavy atom. The van der Waals surface area contributed by atoms with E-state index in [1.54, 1.807) is 4.57 Å². The van der Waals surface area contributed by atoms with Gasteiger partial charge < -0.3 is 5.32 Å². The summed E-state index contributed by atoms with van der Waals surface area (Å²) < 4.78 is 2.23. The largest absolute Gasteiger partial charge is 0.325 e. The van der Waals surface area contributed by atoms with Crippen LogP contribution in [-0.4, -0.2) is 21.2 Å². The van der Waals surface area contributed by atoms with E-state index in [0.717, 1.165) is 28.9 Å². The lowest BCUT2D eigenvalue weighted by Crippen LogP contribution is -2.22. The van der Waals surface area contributed by atoms with E-state index in [1.165, 1.54) is 28.7 Å². The minimum absolute atomic E-state index is 0.109. The van der Waals surface area contributed by atoms with Gasteiger partial charge in [-0.3, -0.25) is 14.2 Å². The molecule has 0 atom stereocenters. The molecule has 0 unspecified atom stereocenters. The van der Waals surface area contributed by atoms with Crippen LogP contribution in [0, 0.1) is 13.8 Å². The highest BCUT2D eigenvalue weighted by Gasteiger charge is 2.16. The van der Waals surface area contributed by atoms with E-state index in [1.807, 2.05) is 67.8 Å². The number of anilines is 1. The summed E-state index contributed by atoms with van der Waals surface area (Å²) in [4.78, 5) is 30.5. The third-order valence-electron chi connectivity index (χ3n) is 5.15. The monoisotopic (exact) mass is 449 g/mol. The molecule has 0 aliphatic heterocycles. The highest BCUT2D eigenvalue weighted by molar-refractivity contribution is 7.99. The first-order valence-corrected chi connectivity index (χ1v) is 11.9. The average Bonchev–Trinajstić information content (AvgIpc) is 3.24. The summed E-state index contributed by atoms with van der Waals surface area (Å²) in [5, 5.41) is 5.31. The van der Waals surface area contributed by atoms with Crippen LogP contribution >= 0.6 is 23.1 Å². The lowest BCUT2D eigenvalue weighted by atomic mass is 10.1. The number of thioether (sulfide) groups is 1. The predicted octanol–water partition coefficient (Wildman–Crippen LogP) is 5.36. The molecule has 0 saturated heterocycles. The van der Waals surface area contributed by atoms with Crippen molar-refractivity contribution in [2.75, 3.05) is 11.1 Å². The molecule has 0 fully saturated rings. The summed E-state index contributed by atoms with van der Waals surface area (Å²) >= 11 is 2.65. The summed E-state index contributed by atoms with van der Waals surface area (Å²) in [6, 6.07) is 15.6. The van der Waals surface area contributed by atoms with Crippen LogP contribution in [0.2, 0.25) is 0 Å². The van der Waals surface area contributed by atoms with E-state index in [4.69, 9.17) is 0 Å². The van der Waals surface area contributed by atoms with Gasteiger partial charge in [0.1, 0.15) is 4.70 Å². The van der Waals surface area contributed by atoms with E-state index in [-0.39, 0.29) is 17.2 Å². The van der Waals surface area contributed by atoms with Crippen molar-refractivity contribution >= 4 is 44.9 Å². The van der Waals surface area contributed by atoms with Crippen LogP contribution < -0.4 is 10.9 Å². The third-order valence-corrected chi connectivity index (χ3v) is 6.98. The van der Waals surface area contributed by atoms with Crippen LogP contribution in [0.5, 0.6) is 0 Å². The molecule has 158 valence electrons. The first kappa shape index (κ1) is 21.3. The smallest absolute Gasteiger partial charge is 0.276 e. The molecule has 0 radical (unpaired) electrons. The number of hydrogen-bond donors (Lipinski definition) is 1. The molecular formula is C24H23N3O2S2. The fourth-order valence-corrected chi connectivity index (χ4v) is 4.85. The fourth-order valence-electron chi connectivity index (χ4n) is 3.28. The lowest BCUT2D eigenvalue weighted by Gasteiger charge is -2.13. The van der Waals surface area contributed by atoms with Crippen molar-refractivity contribution in [1.29, 1.82) is 0 Å². The molecule has 2 aromatic carbocycles. The minimum atomic E-state index is -0.135. The molecule has 7 heteroatoms. The fraction of sp³-hybridized carbons (Fsp3) is 0.208. The Bertz CT molecular complexity index is 1320. The van der Waals surface area contributed by atoms with Gasteiger partial charge in [0.25, 0.3) is 5.56 Å². The van der Waals surface area contributed by atoms with Crippen LogP contribution in [0.1, 0.15) is 23.6 Å². The second-order valence-corrected chi connectivity index (χ2v) is 9.19. The summed E-state index contributed by atoms with van der Waals surface area (Å²) in [7, 11) is 0. The number of fused-ring (bicyclic) bond motifs is 1. The van der Waals surface area contributed by atoms with Gasteiger partial charge in [-0.15, -0.1) is 11.3 Å². The van der Waals surface area contributed by atoms with Crippen molar-refractivity contribution < 1.29 is 4.79 Å². The van der Waals surface area contributed by atoms with E-state index in [2.05, 4.69) is 17.2 Å². The SMILES string of the molecule is CCc1cccc(NC(=O)CSc2nc3ccsc3c(=O)n2-c2ccc(C)c(C)c2)c1. The van der Waals surface area contributed by atoms with E-state index >= 15 is 0 Å². The second kappa shape index (κ2) is 9.08. The van der Waals surface area contributed by atoms with Crippen molar-refractivity contribution in [3.8, 4) is 5.69 Å². The predicted molar refractivity (Wildman–Crippen MR) is 130 cm³/mol. The normalized spacial score (nSPS) is 11.1. The number of nitrogens with zero attached hydrogens (tertiary/aromatic N) is 2. The number of amides is 1. The summed E-state index contributed by atoms with van der Waals surface area (Å²) in [5.74, 6) is 0.0214. The van der Waals surface area contributed by atoms with E-state index < -0.39 is 0 Å².